The zero-order chi connectivity index (χ0) is 24.8. The van der Waals surface area contributed by atoms with Crippen molar-refractivity contribution in [3.8, 4) is 11.1 Å². The fourth-order valence-electron chi connectivity index (χ4n) is 4.93. The van der Waals surface area contributed by atoms with Gasteiger partial charge >= 0.3 is 0 Å². The molecule has 1 fully saturated rings. The van der Waals surface area contributed by atoms with Crippen LogP contribution in [0.5, 0.6) is 0 Å². The number of rotatable bonds is 5. The lowest BCUT2D eigenvalue weighted by molar-refractivity contribution is 0.0943. The van der Waals surface area contributed by atoms with Gasteiger partial charge in [-0.3, -0.25) is 9.78 Å². The van der Waals surface area contributed by atoms with Crippen molar-refractivity contribution in [1.29, 1.82) is 0 Å². The molecule has 4 aromatic rings. The first kappa shape index (κ1) is 24.6. The van der Waals surface area contributed by atoms with Gasteiger partial charge in [0.1, 0.15) is 11.6 Å². The Kier molecular flexibility index (Phi) is 7.91. The van der Waals surface area contributed by atoms with E-state index in [0.717, 1.165) is 47.7 Å². The molecule has 1 saturated carbocycles. The highest BCUT2D eigenvalue weighted by molar-refractivity contribution is 6.00. The summed E-state index contributed by atoms with van der Waals surface area (Å²) >= 11 is 0. The summed E-state index contributed by atoms with van der Waals surface area (Å²) in [6.45, 7) is 4.62. The molecule has 35 heavy (non-hydrogen) atoms. The topological polar surface area (TPSA) is 57.8 Å². The number of nitrogens with one attached hydrogen (secondary N) is 2. The summed E-state index contributed by atoms with van der Waals surface area (Å²) in [6.07, 6.45) is 9.25. The molecule has 0 bridgehead atoms. The van der Waals surface area contributed by atoms with Crippen molar-refractivity contribution < 1.29 is 13.6 Å². The molecule has 5 rings (SSSR count). The molecular weight excluding hydrogens is 444 g/mol. The first-order valence-corrected chi connectivity index (χ1v) is 12.3. The maximum Gasteiger partial charge on any atom is 0.253 e. The number of hydrogen-bond acceptors (Lipinski definition) is 2. The first-order chi connectivity index (χ1) is 17.1. The second kappa shape index (κ2) is 11.3. The van der Waals surface area contributed by atoms with E-state index < -0.39 is 0 Å². The average Bonchev–Trinajstić information content (AvgIpc) is 3.39. The molecule has 6 heteroatoms. The summed E-state index contributed by atoms with van der Waals surface area (Å²) < 4.78 is 27.0. The van der Waals surface area contributed by atoms with E-state index in [1.54, 1.807) is 42.9 Å². The molecular formula is C29H31F2N3O. The Labute approximate surface area is 204 Å². The number of fused-ring (bicyclic) bond motifs is 1. The van der Waals surface area contributed by atoms with Gasteiger partial charge in [0.25, 0.3) is 5.91 Å². The second-order valence-electron chi connectivity index (χ2n) is 8.78. The number of halogens is 2. The highest BCUT2D eigenvalue weighted by atomic mass is 19.1. The van der Waals surface area contributed by atoms with E-state index in [4.69, 9.17) is 0 Å². The Balaban J connectivity index is 0.00000141. The summed E-state index contributed by atoms with van der Waals surface area (Å²) in [5.41, 5.74) is 4.10. The molecule has 0 unspecified atom stereocenters. The minimum atomic E-state index is -0.305. The van der Waals surface area contributed by atoms with Crippen molar-refractivity contribution in [2.45, 2.75) is 45.4 Å². The summed E-state index contributed by atoms with van der Waals surface area (Å²) in [5.74, 6) is 0.106. The lowest BCUT2D eigenvalue weighted by Crippen LogP contribution is -2.31. The number of carbonyl (C=O) groups is 1. The van der Waals surface area contributed by atoms with E-state index in [-0.39, 0.29) is 17.5 Å². The van der Waals surface area contributed by atoms with Crippen LogP contribution in [0.25, 0.3) is 22.0 Å². The highest BCUT2D eigenvalue weighted by Crippen LogP contribution is 2.38. The zero-order valence-corrected chi connectivity index (χ0v) is 20.2. The quantitative estimate of drug-likeness (QED) is 0.320. The number of aromatic nitrogens is 2. The molecule has 2 aromatic heterocycles. The van der Waals surface area contributed by atoms with E-state index in [1.807, 2.05) is 19.9 Å². The van der Waals surface area contributed by atoms with Crippen molar-refractivity contribution in [2.75, 3.05) is 6.54 Å². The molecule has 182 valence electrons. The fourth-order valence-corrected chi connectivity index (χ4v) is 4.93. The van der Waals surface area contributed by atoms with Gasteiger partial charge in [-0.25, -0.2) is 8.78 Å². The van der Waals surface area contributed by atoms with E-state index in [0.29, 0.717) is 23.9 Å². The van der Waals surface area contributed by atoms with Crippen LogP contribution >= 0.6 is 0 Å². The number of aromatic amines is 1. The number of pyridine rings is 1. The third-order valence-corrected chi connectivity index (χ3v) is 6.72. The summed E-state index contributed by atoms with van der Waals surface area (Å²) in [4.78, 5) is 20.2. The van der Waals surface area contributed by atoms with Crippen molar-refractivity contribution >= 4 is 16.8 Å². The molecule has 0 radical (unpaired) electrons. The van der Waals surface area contributed by atoms with Gasteiger partial charge in [-0.1, -0.05) is 26.0 Å². The lowest BCUT2D eigenvalue weighted by atomic mass is 9.78. The molecule has 1 aliphatic carbocycles. The molecule has 0 spiro atoms. The molecule has 1 aliphatic rings. The van der Waals surface area contributed by atoms with Gasteiger partial charge in [-0.05, 0) is 85.0 Å². The Morgan fingerprint density at radius 1 is 0.971 bits per heavy atom. The normalized spacial score (nSPS) is 17.5. The van der Waals surface area contributed by atoms with Crippen molar-refractivity contribution in [3.63, 3.8) is 0 Å². The SMILES string of the molecule is CC.O=C(NCC1CCC(c2ccnc3ccc(F)cc23)CC1)c1c[nH]cc1-c1ccc(F)cc1. The van der Waals surface area contributed by atoms with Crippen LogP contribution in [0, 0.1) is 17.6 Å². The monoisotopic (exact) mass is 475 g/mol. The Bertz CT molecular complexity index is 1270. The van der Waals surface area contributed by atoms with Gasteiger partial charge in [-0.15, -0.1) is 0 Å². The third kappa shape index (κ3) is 5.59. The molecule has 2 N–H and O–H groups in total. The van der Waals surface area contributed by atoms with Crippen molar-refractivity contribution in [1.82, 2.24) is 15.3 Å². The fraction of sp³-hybridized carbons (Fsp3) is 0.310. The standard InChI is InChI=1S/C27H25F2N3O.C2H6/c28-20-7-5-19(6-8-20)24-15-30-16-25(24)27(33)32-14-17-1-3-18(4-2-17)22-11-12-31-26-10-9-21(29)13-23(22)26;1-2/h5-13,15-18,30H,1-4,14H2,(H,32,33);1-2H3. The number of benzene rings is 2. The van der Waals surface area contributed by atoms with Crippen LogP contribution in [0.2, 0.25) is 0 Å². The summed E-state index contributed by atoms with van der Waals surface area (Å²) in [6, 6.07) is 12.9. The summed E-state index contributed by atoms with van der Waals surface area (Å²) in [7, 11) is 0. The zero-order valence-electron chi connectivity index (χ0n) is 20.2. The minimum absolute atomic E-state index is 0.131. The van der Waals surface area contributed by atoms with E-state index in [1.165, 1.54) is 23.8 Å². The van der Waals surface area contributed by atoms with Crippen LogP contribution in [-0.4, -0.2) is 22.4 Å². The largest absolute Gasteiger partial charge is 0.366 e. The predicted molar refractivity (Wildman–Crippen MR) is 136 cm³/mol. The highest BCUT2D eigenvalue weighted by Gasteiger charge is 2.25. The van der Waals surface area contributed by atoms with E-state index >= 15 is 0 Å². The molecule has 2 aromatic carbocycles. The Morgan fingerprint density at radius 2 is 1.69 bits per heavy atom. The summed E-state index contributed by atoms with van der Waals surface area (Å²) in [5, 5.41) is 3.97. The van der Waals surface area contributed by atoms with Gasteiger partial charge in [-0.2, -0.15) is 0 Å². The predicted octanol–water partition coefficient (Wildman–Crippen LogP) is 7.24. The van der Waals surface area contributed by atoms with E-state index in [9.17, 15) is 13.6 Å². The Morgan fingerprint density at radius 3 is 2.43 bits per heavy atom. The van der Waals surface area contributed by atoms with Crippen LogP contribution in [0.1, 0.15) is 61.4 Å². The number of carbonyl (C=O) groups excluding carboxylic acids is 1. The molecule has 4 nitrogen and oxygen atoms in total. The maximum atomic E-state index is 13.8. The van der Waals surface area contributed by atoms with Gasteiger partial charge in [0, 0.05) is 36.1 Å². The second-order valence-corrected chi connectivity index (χ2v) is 8.78. The molecule has 1 amide bonds. The van der Waals surface area contributed by atoms with Crippen LogP contribution in [0.4, 0.5) is 8.78 Å². The molecule has 2 heterocycles. The van der Waals surface area contributed by atoms with Crippen LogP contribution in [-0.2, 0) is 0 Å². The number of amides is 1. The molecule has 0 aliphatic heterocycles. The van der Waals surface area contributed by atoms with Crippen molar-refractivity contribution in [2.24, 2.45) is 5.92 Å². The van der Waals surface area contributed by atoms with Gasteiger partial charge in [0.05, 0.1) is 11.1 Å². The number of hydrogen-bond donors (Lipinski definition) is 2. The third-order valence-electron chi connectivity index (χ3n) is 6.72. The molecule has 0 saturated heterocycles. The van der Waals surface area contributed by atoms with Gasteiger partial charge < -0.3 is 10.3 Å². The van der Waals surface area contributed by atoms with Gasteiger partial charge in [0.2, 0.25) is 0 Å². The smallest absolute Gasteiger partial charge is 0.253 e. The van der Waals surface area contributed by atoms with E-state index in [2.05, 4.69) is 15.3 Å². The Hall–Kier alpha value is -3.54. The van der Waals surface area contributed by atoms with Gasteiger partial charge in [0.15, 0.2) is 0 Å². The van der Waals surface area contributed by atoms with Crippen LogP contribution in [0.3, 0.4) is 0 Å². The number of H-pyrrole nitrogens is 1. The first-order valence-electron chi connectivity index (χ1n) is 12.3. The number of nitrogens with zero attached hydrogens (tertiary/aromatic N) is 1. The average molecular weight is 476 g/mol. The molecule has 0 atom stereocenters. The lowest BCUT2D eigenvalue weighted by Gasteiger charge is -2.29. The van der Waals surface area contributed by atoms with Crippen LogP contribution in [0.15, 0.2) is 67.1 Å². The maximum absolute atomic E-state index is 13.8. The van der Waals surface area contributed by atoms with Crippen molar-refractivity contribution in [3.05, 3.63) is 89.9 Å². The van der Waals surface area contributed by atoms with Crippen LogP contribution < -0.4 is 5.32 Å². The minimum Gasteiger partial charge on any atom is -0.366 e.